The number of halogens is 1. The number of aldehydes is 1. The van der Waals surface area contributed by atoms with Crippen LogP contribution in [-0.2, 0) is 6.16 Å². The summed E-state index contributed by atoms with van der Waals surface area (Å²) in [7, 11) is -2.15. The first-order valence-electron chi connectivity index (χ1n) is 10.8. The lowest BCUT2D eigenvalue weighted by atomic mass is 10.1. The third-order valence-electron chi connectivity index (χ3n) is 5.94. The van der Waals surface area contributed by atoms with Gasteiger partial charge in [-0.25, -0.2) is 4.39 Å². The minimum Gasteiger partial charge on any atom is -0.298 e. The molecule has 0 saturated heterocycles. The van der Waals surface area contributed by atoms with Gasteiger partial charge in [0, 0.05) is 0 Å². The Morgan fingerprint density at radius 2 is 1.16 bits per heavy atom. The van der Waals surface area contributed by atoms with Crippen LogP contribution in [0.2, 0.25) is 0 Å². The summed E-state index contributed by atoms with van der Waals surface area (Å²) < 4.78 is 14.6. The molecule has 0 spiro atoms. The summed E-state index contributed by atoms with van der Waals surface area (Å²) in [5, 5.41) is 3.82. The van der Waals surface area contributed by atoms with Gasteiger partial charge in [-0.3, -0.25) is 4.79 Å². The zero-order valence-electron chi connectivity index (χ0n) is 18.7. The van der Waals surface area contributed by atoms with Crippen LogP contribution in [0.1, 0.15) is 32.6 Å². The predicted octanol–water partition coefficient (Wildman–Crippen LogP) is 6.06. The highest BCUT2D eigenvalue weighted by atomic mass is 31.2. The van der Waals surface area contributed by atoms with Gasteiger partial charge in [0.2, 0.25) is 0 Å². The van der Waals surface area contributed by atoms with Crippen LogP contribution in [0.25, 0.3) is 0 Å². The molecule has 160 valence electrons. The van der Waals surface area contributed by atoms with Crippen LogP contribution in [0.15, 0.2) is 91.0 Å². The van der Waals surface area contributed by atoms with Gasteiger partial charge in [0.05, 0.1) is 11.7 Å². The number of rotatable bonds is 6. The Kier molecular flexibility index (Phi) is 6.35. The molecule has 0 aliphatic rings. The maximum atomic E-state index is 14.6. The predicted molar refractivity (Wildman–Crippen MR) is 135 cm³/mol. The number of carbonyl (C=O) groups is 1. The first-order chi connectivity index (χ1) is 15.4. The van der Waals surface area contributed by atoms with Crippen LogP contribution in [0, 0.1) is 26.6 Å². The lowest BCUT2D eigenvalue weighted by Gasteiger charge is -2.28. The van der Waals surface area contributed by atoms with Crippen molar-refractivity contribution in [3.63, 3.8) is 0 Å². The average Bonchev–Trinajstić information content (AvgIpc) is 2.77. The van der Waals surface area contributed by atoms with Crippen molar-refractivity contribution in [2.24, 2.45) is 0 Å². The molecule has 4 aromatic carbocycles. The van der Waals surface area contributed by atoms with E-state index < -0.39 is 13.1 Å². The Bertz CT molecular complexity index is 1170. The Balaban J connectivity index is 2.04. The molecule has 0 aromatic heterocycles. The normalized spacial score (nSPS) is 11.4. The molecule has 32 heavy (non-hydrogen) atoms. The molecule has 0 amide bonds. The molecule has 0 bridgehead atoms. The van der Waals surface area contributed by atoms with Crippen molar-refractivity contribution in [2.45, 2.75) is 26.9 Å². The summed E-state index contributed by atoms with van der Waals surface area (Å²) in [6, 6.07) is 31.1. The van der Waals surface area contributed by atoms with Gasteiger partial charge in [0.15, 0.2) is 6.29 Å². The van der Waals surface area contributed by atoms with E-state index in [0.29, 0.717) is 12.4 Å². The number of aryl methyl sites for hydroxylation is 3. The third kappa shape index (κ3) is 4.29. The van der Waals surface area contributed by atoms with Crippen molar-refractivity contribution in [1.82, 2.24) is 0 Å². The zero-order valence-corrected chi connectivity index (χ0v) is 19.6. The molecule has 0 unspecified atom stereocenters. The van der Waals surface area contributed by atoms with Gasteiger partial charge in [-0.05, 0) is 91.6 Å². The Hall–Kier alpha value is -3.09. The van der Waals surface area contributed by atoms with E-state index in [-0.39, 0.29) is 5.56 Å². The molecule has 3 heteroatoms. The van der Waals surface area contributed by atoms with E-state index in [1.807, 2.05) is 6.07 Å². The quantitative estimate of drug-likeness (QED) is 0.263. The Morgan fingerprint density at radius 3 is 1.53 bits per heavy atom. The molecule has 0 heterocycles. The van der Waals surface area contributed by atoms with Crippen LogP contribution in [0.3, 0.4) is 0 Å². The van der Waals surface area contributed by atoms with E-state index in [1.165, 1.54) is 38.7 Å². The van der Waals surface area contributed by atoms with Crippen LogP contribution >= 0.6 is 7.26 Å². The third-order valence-corrected chi connectivity index (χ3v) is 10.3. The molecule has 0 fully saturated rings. The first kappa shape index (κ1) is 22.1. The molecule has 0 N–H and O–H groups in total. The first-order valence-corrected chi connectivity index (χ1v) is 12.7. The maximum absolute atomic E-state index is 14.6. The molecular formula is C29H27FOP+. The van der Waals surface area contributed by atoms with Crippen LogP contribution in [0.4, 0.5) is 4.39 Å². The highest BCUT2D eigenvalue weighted by Crippen LogP contribution is 2.58. The van der Waals surface area contributed by atoms with Crippen molar-refractivity contribution in [2.75, 3.05) is 0 Å². The van der Waals surface area contributed by atoms with Gasteiger partial charge in [-0.15, -0.1) is 0 Å². The van der Waals surface area contributed by atoms with Crippen molar-refractivity contribution in [1.29, 1.82) is 0 Å². The lowest BCUT2D eigenvalue weighted by Crippen LogP contribution is -2.33. The average molecular weight is 441 g/mol. The summed E-state index contributed by atoms with van der Waals surface area (Å²) in [5.74, 6) is -0.465. The highest BCUT2D eigenvalue weighted by Gasteiger charge is 2.46. The van der Waals surface area contributed by atoms with E-state index in [4.69, 9.17) is 0 Å². The summed E-state index contributed by atoms with van der Waals surface area (Å²) in [5.41, 5.74) is 4.60. The molecule has 1 nitrogen and oxygen atoms in total. The fourth-order valence-corrected chi connectivity index (χ4v) is 8.84. The molecule has 4 rings (SSSR count). The number of hydrogen-bond donors (Lipinski definition) is 0. The van der Waals surface area contributed by atoms with E-state index >= 15 is 0 Å². The molecule has 4 aromatic rings. The second kappa shape index (κ2) is 9.18. The molecule has 0 atom stereocenters. The Labute approximate surface area is 190 Å². The van der Waals surface area contributed by atoms with Crippen LogP contribution < -0.4 is 15.9 Å². The van der Waals surface area contributed by atoms with Crippen molar-refractivity contribution in [3.8, 4) is 0 Å². The van der Waals surface area contributed by atoms with Gasteiger partial charge in [-0.1, -0.05) is 42.5 Å². The summed E-state index contributed by atoms with van der Waals surface area (Å²) in [4.78, 5) is 11.2. The summed E-state index contributed by atoms with van der Waals surface area (Å²) >= 11 is 0. The van der Waals surface area contributed by atoms with Crippen molar-refractivity contribution >= 4 is 29.5 Å². The number of hydrogen-bond acceptors (Lipinski definition) is 1. The summed E-state index contributed by atoms with van der Waals surface area (Å²) in [6.07, 6.45) is 1.25. The summed E-state index contributed by atoms with van der Waals surface area (Å²) in [6.45, 7) is 6.34. The fraction of sp³-hybridized carbons (Fsp3) is 0.138. The largest absolute Gasteiger partial charge is 0.298 e. The monoisotopic (exact) mass is 440 g/mol. The van der Waals surface area contributed by atoms with Gasteiger partial charge in [0.25, 0.3) is 0 Å². The zero-order chi connectivity index (χ0) is 22.7. The van der Waals surface area contributed by atoms with Crippen LogP contribution in [0.5, 0.6) is 0 Å². The minimum atomic E-state index is -2.15. The number of benzene rings is 4. The number of carbonyl (C=O) groups excluding carboxylic acids is 1. The van der Waals surface area contributed by atoms with Gasteiger partial charge in [-0.2, -0.15) is 0 Å². The topological polar surface area (TPSA) is 17.1 Å². The molecule has 0 saturated carbocycles. The van der Waals surface area contributed by atoms with E-state index in [0.717, 1.165) is 5.56 Å². The minimum absolute atomic E-state index is 0.0966. The molecule has 0 radical (unpaired) electrons. The SMILES string of the molecule is Cc1cccc([P+](Cc2ccc(C=O)c([18F])c2)(c2cccc(C)c2)c2cccc(C)c2)c1. The van der Waals surface area contributed by atoms with Crippen molar-refractivity contribution < 1.29 is 9.18 Å². The van der Waals surface area contributed by atoms with Crippen LogP contribution in [-0.4, -0.2) is 6.29 Å². The van der Waals surface area contributed by atoms with E-state index in [9.17, 15) is 9.18 Å². The van der Waals surface area contributed by atoms with Gasteiger partial charge >= 0.3 is 0 Å². The molecule has 0 aliphatic carbocycles. The fourth-order valence-electron chi connectivity index (χ4n) is 4.36. The molecule has 0 aliphatic heterocycles. The second-order valence-corrected chi connectivity index (χ2v) is 11.9. The van der Waals surface area contributed by atoms with Gasteiger partial charge < -0.3 is 0 Å². The highest BCUT2D eigenvalue weighted by molar-refractivity contribution is 7.95. The van der Waals surface area contributed by atoms with E-state index in [1.54, 1.807) is 6.07 Å². The lowest BCUT2D eigenvalue weighted by molar-refractivity contribution is 0.112. The molecular weight excluding hydrogens is 413 g/mol. The van der Waals surface area contributed by atoms with Crippen molar-refractivity contribution in [3.05, 3.63) is 125 Å². The Morgan fingerprint density at radius 1 is 0.688 bits per heavy atom. The maximum Gasteiger partial charge on any atom is 0.152 e. The second-order valence-electron chi connectivity index (χ2n) is 8.46. The van der Waals surface area contributed by atoms with E-state index in [2.05, 4.69) is 93.6 Å². The standard InChI is InChI=1S/C29H27FOP/c1-21-7-4-10-26(15-21)32(27-11-5-8-22(2)16-27,28-12-6-9-23(3)17-28)20-24-13-14-25(19-31)29(30)18-24/h4-19H,20H2,1-3H3/q+1/i30-1. The van der Waals surface area contributed by atoms with Gasteiger partial charge in [0.1, 0.15) is 29.0 Å². The smallest absolute Gasteiger partial charge is 0.152 e.